The summed E-state index contributed by atoms with van der Waals surface area (Å²) in [7, 11) is 0. The maximum absolute atomic E-state index is 12.4. The molecule has 1 aliphatic heterocycles. The van der Waals surface area contributed by atoms with Crippen molar-refractivity contribution in [2.45, 2.75) is 19.6 Å². The molecule has 2 heterocycles. The SMILES string of the molecule is CC(OC(=O)c1csc(NCc2ccccc2)n1)C(=O)Nc1ccc2c(c1)OCCO2. The molecule has 0 radical (unpaired) electrons. The minimum Gasteiger partial charge on any atom is -0.486 e. The van der Waals surface area contributed by atoms with Gasteiger partial charge in [-0.15, -0.1) is 11.3 Å². The van der Waals surface area contributed by atoms with Crippen LogP contribution in [0.15, 0.2) is 53.9 Å². The van der Waals surface area contributed by atoms with Crippen molar-refractivity contribution in [3.05, 3.63) is 65.2 Å². The van der Waals surface area contributed by atoms with Crippen molar-refractivity contribution in [2.24, 2.45) is 0 Å². The standard InChI is InChI=1S/C22H21N3O5S/c1-14(20(26)24-16-7-8-18-19(11-16)29-10-9-28-18)30-21(27)17-13-31-22(25-17)23-12-15-5-3-2-4-6-15/h2-8,11,13-14H,9-10,12H2,1H3,(H,23,25)(H,24,26). The van der Waals surface area contributed by atoms with Gasteiger partial charge in [-0.3, -0.25) is 4.79 Å². The van der Waals surface area contributed by atoms with Gasteiger partial charge in [0, 0.05) is 23.7 Å². The molecule has 2 aromatic carbocycles. The number of esters is 1. The van der Waals surface area contributed by atoms with Crippen LogP contribution in [0, 0.1) is 0 Å². The predicted molar refractivity (Wildman–Crippen MR) is 117 cm³/mol. The first-order valence-electron chi connectivity index (χ1n) is 9.73. The third-order valence-corrected chi connectivity index (χ3v) is 5.26. The zero-order valence-electron chi connectivity index (χ0n) is 16.8. The topological polar surface area (TPSA) is 98.8 Å². The van der Waals surface area contributed by atoms with Gasteiger partial charge in [-0.05, 0) is 24.6 Å². The lowest BCUT2D eigenvalue weighted by Crippen LogP contribution is -2.30. The van der Waals surface area contributed by atoms with Gasteiger partial charge in [0.25, 0.3) is 5.91 Å². The second-order valence-electron chi connectivity index (χ2n) is 6.77. The fraction of sp³-hybridized carbons (Fsp3) is 0.227. The van der Waals surface area contributed by atoms with Crippen LogP contribution >= 0.6 is 11.3 Å². The molecule has 2 N–H and O–H groups in total. The van der Waals surface area contributed by atoms with Crippen molar-refractivity contribution in [1.29, 1.82) is 0 Å². The Morgan fingerprint density at radius 3 is 2.71 bits per heavy atom. The first-order chi connectivity index (χ1) is 15.1. The molecule has 1 aromatic heterocycles. The van der Waals surface area contributed by atoms with Crippen molar-refractivity contribution in [1.82, 2.24) is 4.98 Å². The highest BCUT2D eigenvalue weighted by atomic mass is 32.1. The fourth-order valence-electron chi connectivity index (χ4n) is 2.86. The van der Waals surface area contributed by atoms with Crippen LogP contribution in [0.5, 0.6) is 11.5 Å². The summed E-state index contributed by atoms with van der Waals surface area (Å²) in [6.07, 6.45) is -0.997. The number of nitrogens with zero attached hydrogens (tertiary/aromatic N) is 1. The number of amides is 1. The molecule has 8 nitrogen and oxygen atoms in total. The normalized spacial score (nSPS) is 13.2. The van der Waals surface area contributed by atoms with Crippen LogP contribution in [0.1, 0.15) is 23.0 Å². The number of carbonyl (C=O) groups is 2. The number of hydrogen-bond acceptors (Lipinski definition) is 8. The minimum absolute atomic E-state index is 0.152. The van der Waals surface area contributed by atoms with Crippen LogP contribution in [-0.4, -0.2) is 36.2 Å². The summed E-state index contributed by atoms with van der Waals surface area (Å²) in [5.74, 6) is 0.0761. The summed E-state index contributed by atoms with van der Waals surface area (Å²) in [5.41, 5.74) is 1.78. The van der Waals surface area contributed by atoms with Gasteiger partial charge in [0.1, 0.15) is 13.2 Å². The van der Waals surface area contributed by atoms with E-state index in [2.05, 4.69) is 15.6 Å². The predicted octanol–water partition coefficient (Wildman–Crippen LogP) is 3.71. The molecule has 1 aliphatic rings. The van der Waals surface area contributed by atoms with E-state index in [1.165, 1.54) is 18.3 Å². The minimum atomic E-state index is -0.997. The van der Waals surface area contributed by atoms with Gasteiger partial charge in [0.2, 0.25) is 0 Å². The number of ether oxygens (including phenoxy) is 3. The van der Waals surface area contributed by atoms with E-state index in [-0.39, 0.29) is 5.69 Å². The van der Waals surface area contributed by atoms with Gasteiger partial charge in [0.15, 0.2) is 28.4 Å². The number of rotatable bonds is 7. The van der Waals surface area contributed by atoms with E-state index in [0.717, 1.165) is 5.56 Å². The van der Waals surface area contributed by atoms with Crippen molar-refractivity contribution in [3.8, 4) is 11.5 Å². The van der Waals surface area contributed by atoms with Crippen molar-refractivity contribution < 1.29 is 23.8 Å². The third kappa shape index (κ3) is 5.32. The molecular weight excluding hydrogens is 418 g/mol. The average molecular weight is 439 g/mol. The monoisotopic (exact) mass is 439 g/mol. The van der Waals surface area contributed by atoms with Crippen molar-refractivity contribution >= 4 is 34.0 Å². The van der Waals surface area contributed by atoms with Crippen molar-refractivity contribution in [3.63, 3.8) is 0 Å². The Kier molecular flexibility index (Phi) is 6.32. The van der Waals surface area contributed by atoms with E-state index in [9.17, 15) is 9.59 Å². The molecule has 9 heteroatoms. The smallest absolute Gasteiger partial charge is 0.358 e. The molecule has 0 aliphatic carbocycles. The molecule has 0 spiro atoms. The van der Waals surface area contributed by atoms with E-state index < -0.39 is 18.0 Å². The molecule has 3 aromatic rings. The summed E-state index contributed by atoms with van der Waals surface area (Å²) < 4.78 is 16.2. The first kappa shape index (κ1) is 20.7. The Hall–Kier alpha value is -3.59. The molecule has 0 saturated carbocycles. The molecule has 0 saturated heterocycles. The molecule has 0 bridgehead atoms. The zero-order chi connectivity index (χ0) is 21.6. The van der Waals surface area contributed by atoms with Gasteiger partial charge >= 0.3 is 5.97 Å². The Balaban J connectivity index is 1.30. The summed E-state index contributed by atoms with van der Waals surface area (Å²) in [6, 6.07) is 15.0. The highest BCUT2D eigenvalue weighted by Gasteiger charge is 2.22. The lowest BCUT2D eigenvalue weighted by atomic mass is 10.2. The van der Waals surface area contributed by atoms with Crippen LogP contribution in [-0.2, 0) is 16.1 Å². The van der Waals surface area contributed by atoms with E-state index in [4.69, 9.17) is 14.2 Å². The molecule has 0 fully saturated rings. The van der Waals surface area contributed by atoms with Crippen LogP contribution in [0.25, 0.3) is 0 Å². The number of anilines is 2. The van der Waals surface area contributed by atoms with E-state index >= 15 is 0 Å². The van der Waals surface area contributed by atoms with Crippen LogP contribution in [0.4, 0.5) is 10.8 Å². The molecule has 4 rings (SSSR count). The highest BCUT2D eigenvalue weighted by molar-refractivity contribution is 7.13. The molecule has 31 heavy (non-hydrogen) atoms. The number of fused-ring (bicyclic) bond motifs is 1. The number of carbonyl (C=O) groups excluding carboxylic acids is 2. The summed E-state index contributed by atoms with van der Waals surface area (Å²) in [5, 5.41) is 8.08. The molecule has 1 amide bonds. The van der Waals surface area contributed by atoms with Gasteiger partial charge in [-0.2, -0.15) is 0 Å². The second-order valence-corrected chi connectivity index (χ2v) is 7.63. The molecule has 1 atom stereocenters. The number of nitrogens with one attached hydrogen (secondary N) is 2. The Morgan fingerprint density at radius 1 is 1.13 bits per heavy atom. The largest absolute Gasteiger partial charge is 0.486 e. The van der Waals surface area contributed by atoms with E-state index in [0.29, 0.717) is 42.1 Å². The Labute approximate surface area is 183 Å². The third-order valence-electron chi connectivity index (χ3n) is 4.46. The maximum Gasteiger partial charge on any atom is 0.358 e. The van der Waals surface area contributed by atoms with E-state index in [1.807, 2.05) is 30.3 Å². The first-order valence-corrected chi connectivity index (χ1v) is 10.6. The lowest BCUT2D eigenvalue weighted by molar-refractivity contribution is -0.123. The quantitative estimate of drug-likeness (QED) is 0.542. The highest BCUT2D eigenvalue weighted by Crippen LogP contribution is 2.32. The summed E-state index contributed by atoms with van der Waals surface area (Å²) >= 11 is 1.30. The number of thiazole rings is 1. The van der Waals surface area contributed by atoms with Gasteiger partial charge in [0.05, 0.1) is 0 Å². The number of aromatic nitrogens is 1. The van der Waals surface area contributed by atoms with Crippen LogP contribution in [0.2, 0.25) is 0 Å². The van der Waals surface area contributed by atoms with E-state index in [1.54, 1.807) is 23.6 Å². The lowest BCUT2D eigenvalue weighted by Gasteiger charge is -2.19. The molecule has 1 unspecified atom stereocenters. The van der Waals surface area contributed by atoms with Gasteiger partial charge in [-0.25, -0.2) is 9.78 Å². The van der Waals surface area contributed by atoms with Crippen LogP contribution in [0.3, 0.4) is 0 Å². The Bertz CT molecular complexity index is 1070. The Morgan fingerprint density at radius 2 is 1.90 bits per heavy atom. The van der Waals surface area contributed by atoms with Gasteiger partial charge in [-0.1, -0.05) is 30.3 Å². The molecular formula is C22H21N3O5S. The molecule has 160 valence electrons. The zero-order valence-corrected chi connectivity index (χ0v) is 17.6. The average Bonchev–Trinajstić information content (AvgIpc) is 3.27. The van der Waals surface area contributed by atoms with Crippen molar-refractivity contribution in [2.75, 3.05) is 23.8 Å². The van der Waals surface area contributed by atoms with Crippen LogP contribution < -0.4 is 20.1 Å². The van der Waals surface area contributed by atoms with Gasteiger partial charge < -0.3 is 24.8 Å². The summed E-state index contributed by atoms with van der Waals surface area (Å²) in [6.45, 7) is 3.05. The number of benzene rings is 2. The summed E-state index contributed by atoms with van der Waals surface area (Å²) in [4.78, 5) is 29.0. The maximum atomic E-state index is 12.4. The second kappa shape index (κ2) is 9.48. The number of hydrogen-bond donors (Lipinski definition) is 2. The fourth-order valence-corrected chi connectivity index (χ4v) is 3.54.